The van der Waals surface area contributed by atoms with Crippen LogP contribution in [0.1, 0.15) is 21.5 Å². The lowest BCUT2D eigenvalue weighted by Gasteiger charge is -2.16. The molecule has 0 unspecified atom stereocenters. The predicted octanol–water partition coefficient (Wildman–Crippen LogP) is 6.12. The van der Waals surface area contributed by atoms with Crippen LogP contribution in [0.3, 0.4) is 0 Å². The van der Waals surface area contributed by atoms with Crippen molar-refractivity contribution >= 4 is 69.4 Å². The van der Waals surface area contributed by atoms with E-state index in [-0.39, 0.29) is 14.9 Å². The fourth-order valence-electron chi connectivity index (χ4n) is 2.96. The van der Waals surface area contributed by atoms with Gasteiger partial charge in [-0.3, -0.25) is 15.0 Å². The number of amides is 2. The maximum absolute atomic E-state index is 12.8. The van der Waals surface area contributed by atoms with E-state index in [1.165, 1.54) is 0 Å². The third-order valence-corrected chi connectivity index (χ3v) is 6.66. The van der Waals surface area contributed by atoms with Gasteiger partial charge in [-0.2, -0.15) is 5.01 Å². The number of nitrogens with one attached hydrogen (secondary N) is 1. The second kappa shape index (κ2) is 10.4. The van der Waals surface area contributed by atoms with Crippen molar-refractivity contribution in [3.05, 3.63) is 104 Å². The summed E-state index contributed by atoms with van der Waals surface area (Å²) in [5.74, 6) is -0.255. The van der Waals surface area contributed by atoms with Gasteiger partial charge in [0.2, 0.25) is 0 Å². The number of thiocarbonyl (C=S) groups is 1. The minimum absolute atomic E-state index is 0.228. The van der Waals surface area contributed by atoms with Crippen LogP contribution in [0.4, 0.5) is 0 Å². The number of hydrogen-bond donors (Lipinski definition) is 1. The Bertz CT molecular complexity index is 1260. The van der Waals surface area contributed by atoms with E-state index >= 15 is 0 Å². The molecule has 0 aliphatic carbocycles. The Kier molecular flexibility index (Phi) is 7.35. The number of benzene rings is 3. The van der Waals surface area contributed by atoms with Crippen molar-refractivity contribution < 1.29 is 14.3 Å². The summed E-state index contributed by atoms with van der Waals surface area (Å²) in [6.45, 7) is 0.350. The highest BCUT2D eigenvalue weighted by atomic mass is 35.5. The number of hydrogen-bond acceptors (Lipinski definition) is 5. The van der Waals surface area contributed by atoms with Crippen LogP contribution in [0, 0.1) is 0 Å². The van der Waals surface area contributed by atoms with Gasteiger partial charge >= 0.3 is 0 Å². The molecule has 0 radical (unpaired) electrons. The van der Waals surface area contributed by atoms with E-state index in [2.05, 4.69) is 5.43 Å². The first-order chi connectivity index (χ1) is 15.9. The summed E-state index contributed by atoms with van der Waals surface area (Å²) in [6, 6.07) is 21.3. The first-order valence-electron chi connectivity index (χ1n) is 9.72. The van der Waals surface area contributed by atoms with Crippen molar-refractivity contribution in [2.24, 2.45) is 0 Å². The van der Waals surface area contributed by atoms with Crippen LogP contribution in [-0.4, -0.2) is 21.1 Å². The van der Waals surface area contributed by atoms with Gasteiger partial charge in [-0.05, 0) is 54.2 Å². The lowest BCUT2D eigenvalue weighted by molar-refractivity contribution is -0.123. The third kappa shape index (κ3) is 5.57. The highest BCUT2D eigenvalue weighted by Gasteiger charge is 2.34. The fourth-order valence-corrected chi connectivity index (χ4v) is 4.55. The summed E-state index contributed by atoms with van der Waals surface area (Å²) in [4.78, 5) is 25.7. The topological polar surface area (TPSA) is 58.6 Å². The molecular formula is C24H16Cl2N2O3S2. The molecule has 1 N–H and O–H groups in total. The monoisotopic (exact) mass is 514 g/mol. The van der Waals surface area contributed by atoms with Gasteiger partial charge in [0.05, 0.1) is 15.5 Å². The van der Waals surface area contributed by atoms with Crippen molar-refractivity contribution in [3.63, 3.8) is 0 Å². The molecule has 4 rings (SSSR count). The molecule has 1 aliphatic rings. The van der Waals surface area contributed by atoms with Crippen molar-refractivity contribution in [1.29, 1.82) is 0 Å². The van der Waals surface area contributed by atoms with E-state index in [1.54, 1.807) is 30.3 Å². The Labute approximate surface area is 210 Å². The molecule has 0 aromatic heterocycles. The highest BCUT2D eigenvalue weighted by molar-refractivity contribution is 8.26. The molecule has 3 aromatic rings. The summed E-state index contributed by atoms with van der Waals surface area (Å²) >= 11 is 18.6. The summed E-state index contributed by atoms with van der Waals surface area (Å²) in [5.41, 5.74) is 4.46. The van der Waals surface area contributed by atoms with E-state index in [0.29, 0.717) is 22.3 Å². The maximum atomic E-state index is 12.8. The van der Waals surface area contributed by atoms with E-state index in [9.17, 15) is 9.59 Å². The van der Waals surface area contributed by atoms with Gasteiger partial charge in [-0.25, -0.2) is 0 Å². The third-order valence-electron chi connectivity index (χ3n) is 4.66. The lowest BCUT2D eigenvalue weighted by Crippen LogP contribution is -2.44. The molecule has 33 heavy (non-hydrogen) atoms. The van der Waals surface area contributed by atoms with Crippen molar-refractivity contribution in [3.8, 4) is 5.75 Å². The molecule has 166 valence electrons. The zero-order valence-electron chi connectivity index (χ0n) is 17.0. The van der Waals surface area contributed by atoms with Crippen molar-refractivity contribution in [2.45, 2.75) is 6.61 Å². The molecule has 3 aromatic carbocycles. The molecule has 1 fully saturated rings. The van der Waals surface area contributed by atoms with Gasteiger partial charge in [0, 0.05) is 10.6 Å². The minimum atomic E-state index is -0.516. The molecule has 0 bridgehead atoms. The van der Waals surface area contributed by atoms with Gasteiger partial charge in [0.25, 0.3) is 11.8 Å². The number of halogens is 2. The zero-order valence-corrected chi connectivity index (χ0v) is 20.1. The molecule has 0 spiro atoms. The molecule has 2 amide bonds. The van der Waals surface area contributed by atoms with Gasteiger partial charge in [-0.15, -0.1) is 0 Å². The fraction of sp³-hybridized carbons (Fsp3) is 0.0417. The Morgan fingerprint density at radius 2 is 1.67 bits per heavy atom. The number of carbonyl (C=O) groups is 2. The normalized spacial score (nSPS) is 14.6. The summed E-state index contributed by atoms with van der Waals surface area (Å²) in [6.07, 6.45) is 1.71. The van der Waals surface area contributed by atoms with Crippen molar-refractivity contribution in [2.75, 3.05) is 0 Å². The SMILES string of the molecule is O=C(NN1C(=O)/C(=C/c2ccc(OCc3ccccc3Cl)cc2)SC1=S)c1ccccc1Cl. The first-order valence-corrected chi connectivity index (χ1v) is 11.7. The van der Waals surface area contributed by atoms with Crippen LogP contribution in [0.25, 0.3) is 6.08 Å². The molecule has 0 atom stereocenters. The number of rotatable bonds is 6. The van der Waals surface area contributed by atoms with Crippen LogP contribution in [-0.2, 0) is 11.4 Å². The number of carbonyl (C=O) groups excluding carboxylic acids is 2. The Balaban J connectivity index is 1.41. The average molecular weight is 515 g/mol. The second-order valence-electron chi connectivity index (χ2n) is 6.89. The van der Waals surface area contributed by atoms with Crippen LogP contribution in [0.2, 0.25) is 10.0 Å². The van der Waals surface area contributed by atoms with Crippen LogP contribution >= 0.6 is 47.2 Å². The smallest absolute Gasteiger partial charge is 0.285 e. The summed E-state index contributed by atoms with van der Waals surface area (Å²) < 4.78 is 6.01. The quantitative estimate of drug-likeness (QED) is 0.317. The van der Waals surface area contributed by atoms with Crippen LogP contribution in [0.15, 0.2) is 77.7 Å². The van der Waals surface area contributed by atoms with E-state index in [4.69, 9.17) is 40.2 Å². The van der Waals surface area contributed by atoms with Gasteiger partial charge in [-0.1, -0.05) is 77.4 Å². The van der Waals surface area contributed by atoms with Crippen LogP contribution in [0.5, 0.6) is 5.75 Å². The molecule has 1 aliphatic heterocycles. The second-order valence-corrected chi connectivity index (χ2v) is 9.38. The van der Waals surface area contributed by atoms with E-state index < -0.39 is 11.8 Å². The number of thioether (sulfide) groups is 1. The molecule has 5 nitrogen and oxygen atoms in total. The summed E-state index contributed by atoms with van der Waals surface area (Å²) in [5, 5.41) is 1.99. The summed E-state index contributed by atoms with van der Waals surface area (Å²) in [7, 11) is 0. The standard InChI is InChI=1S/C24H16Cl2N2O3S2/c25-19-7-3-1-5-16(19)14-31-17-11-9-15(10-12-17)13-21-23(30)28(24(32)33-21)27-22(29)18-6-2-4-8-20(18)26/h1-13H,14H2,(H,27,29)/b21-13-. The van der Waals surface area contributed by atoms with E-state index in [1.807, 2.05) is 48.5 Å². The van der Waals surface area contributed by atoms with E-state index in [0.717, 1.165) is 27.9 Å². The van der Waals surface area contributed by atoms with Crippen LogP contribution < -0.4 is 10.2 Å². The Hall–Kier alpha value is -2.84. The van der Waals surface area contributed by atoms with Gasteiger partial charge < -0.3 is 4.74 Å². The zero-order chi connectivity index (χ0) is 23.4. The number of hydrazine groups is 1. The van der Waals surface area contributed by atoms with Gasteiger partial charge in [0.15, 0.2) is 4.32 Å². The van der Waals surface area contributed by atoms with Gasteiger partial charge in [0.1, 0.15) is 12.4 Å². The molecule has 9 heteroatoms. The lowest BCUT2D eigenvalue weighted by atomic mass is 10.2. The number of nitrogens with zero attached hydrogens (tertiary/aromatic N) is 1. The molecule has 0 saturated carbocycles. The van der Waals surface area contributed by atoms with Crippen molar-refractivity contribution in [1.82, 2.24) is 10.4 Å². The Morgan fingerprint density at radius 3 is 2.36 bits per heavy atom. The first kappa shape index (κ1) is 23.3. The Morgan fingerprint density at radius 1 is 1.00 bits per heavy atom. The molecule has 1 heterocycles. The maximum Gasteiger partial charge on any atom is 0.285 e. The predicted molar refractivity (Wildman–Crippen MR) is 136 cm³/mol. The minimum Gasteiger partial charge on any atom is -0.489 e. The largest absolute Gasteiger partial charge is 0.489 e. The molecule has 1 saturated heterocycles. The average Bonchev–Trinajstić information content (AvgIpc) is 3.07. The number of ether oxygens (including phenoxy) is 1. The highest BCUT2D eigenvalue weighted by Crippen LogP contribution is 2.32. The molecular weight excluding hydrogens is 499 g/mol.